The number of aryl methyl sites for hydroxylation is 1. The van der Waals surface area contributed by atoms with Crippen molar-refractivity contribution >= 4 is 40.5 Å². The zero-order valence-corrected chi connectivity index (χ0v) is 19.5. The van der Waals surface area contributed by atoms with Crippen molar-refractivity contribution in [1.29, 1.82) is 0 Å². The molecule has 0 atom stereocenters. The SMILES string of the molecule is CCC(=O)Nc1cccc(NC(=O)CNc2ccc(NC(=O)CCc3ccccc3)cc2)c1C. The van der Waals surface area contributed by atoms with Crippen LogP contribution >= 0.6 is 0 Å². The maximum absolute atomic E-state index is 12.4. The average Bonchev–Trinajstić information content (AvgIpc) is 2.85. The van der Waals surface area contributed by atoms with E-state index in [4.69, 9.17) is 0 Å². The van der Waals surface area contributed by atoms with E-state index in [0.29, 0.717) is 36.3 Å². The van der Waals surface area contributed by atoms with Crippen LogP contribution in [0.2, 0.25) is 0 Å². The second kappa shape index (κ2) is 12.2. The van der Waals surface area contributed by atoms with E-state index in [0.717, 1.165) is 16.8 Å². The smallest absolute Gasteiger partial charge is 0.243 e. The number of benzene rings is 3. The van der Waals surface area contributed by atoms with Gasteiger partial charge < -0.3 is 21.3 Å². The summed E-state index contributed by atoms with van der Waals surface area (Å²) in [5.74, 6) is -0.332. The van der Waals surface area contributed by atoms with Crippen molar-refractivity contribution in [3.05, 3.63) is 83.9 Å². The minimum atomic E-state index is -0.208. The number of anilines is 4. The number of amides is 3. The average molecular weight is 459 g/mol. The quantitative estimate of drug-likeness (QED) is 0.345. The van der Waals surface area contributed by atoms with Crippen molar-refractivity contribution in [1.82, 2.24) is 0 Å². The number of rotatable bonds is 10. The number of carbonyl (C=O) groups excluding carboxylic acids is 3. The first-order valence-corrected chi connectivity index (χ1v) is 11.3. The lowest BCUT2D eigenvalue weighted by Gasteiger charge is -2.14. The zero-order valence-electron chi connectivity index (χ0n) is 19.5. The van der Waals surface area contributed by atoms with E-state index in [9.17, 15) is 14.4 Å². The fourth-order valence-electron chi connectivity index (χ4n) is 3.32. The molecule has 0 aliphatic rings. The van der Waals surface area contributed by atoms with E-state index in [1.807, 2.05) is 49.4 Å². The summed E-state index contributed by atoms with van der Waals surface area (Å²) in [5.41, 5.74) is 4.72. The van der Waals surface area contributed by atoms with Crippen molar-refractivity contribution in [2.45, 2.75) is 33.1 Å². The molecule has 7 nitrogen and oxygen atoms in total. The largest absolute Gasteiger partial charge is 0.376 e. The lowest BCUT2D eigenvalue weighted by Crippen LogP contribution is -2.22. The van der Waals surface area contributed by atoms with E-state index in [-0.39, 0.29) is 24.3 Å². The standard InChI is InChI=1S/C27H30N4O3/c1-3-25(32)30-23-10-7-11-24(19(23)2)31-27(34)18-28-21-13-15-22(16-14-21)29-26(33)17-12-20-8-5-4-6-9-20/h4-11,13-16,28H,3,12,17-18H2,1-2H3,(H,29,33)(H,30,32)(H,31,34). The molecule has 3 amide bonds. The van der Waals surface area contributed by atoms with Crippen molar-refractivity contribution in [2.75, 3.05) is 27.8 Å². The van der Waals surface area contributed by atoms with Crippen LogP contribution < -0.4 is 21.3 Å². The van der Waals surface area contributed by atoms with E-state index in [1.54, 1.807) is 37.3 Å². The van der Waals surface area contributed by atoms with Crippen LogP contribution in [-0.4, -0.2) is 24.3 Å². The third-order valence-corrected chi connectivity index (χ3v) is 5.31. The molecule has 0 saturated heterocycles. The first-order valence-electron chi connectivity index (χ1n) is 11.3. The number of nitrogens with one attached hydrogen (secondary N) is 4. The first kappa shape index (κ1) is 24.5. The van der Waals surface area contributed by atoms with Gasteiger partial charge in [-0.2, -0.15) is 0 Å². The molecule has 0 spiro atoms. The third kappa shape index (κ3) is 7.48. The fourth-order valence-corrected chi connectivity index (χ4v) is 3.32. The van der Waals surface area contributed by atoms with E-state index < -0.39 is 0 Å². The highest BCUT2D eigenvalue weighted by atomic mass is 16.2. The third-order valence-electron chi connectivity index (χ3n) is 5.31. The molecule has 176 valence electrons. The minimum absolute atomic E-state index is 0.0448. The Balaban J connectivity index is 1.46. The predicted octanol–water partition coefficient (Wildman–Crippen LogP) is 4.97. The van der Waals surface area contributed by atoms with E-state index in [1.165, 1.54) is 0 Å². The second-order valence-corrected chi connectivity index (χ2v) is 7.89. The van der Waals surface area contributed by atoms with Crippen LogP contribution in [0.3, 0.4) is 0 Å². The van der Waals surface area contributed by atoms with Gasteiger partial charge in [0.15, 0.2) is 0 Å². The summed E-state index contributed by atoms with van der Waals surface area (Å²) in [7, 11) is 0. The molecule has 7 heteroatoms. The minimum Gasteiger partial charge on any atom is -0.376 e. The van der Waals surface area contributed by atoms with Crippen LogP contribution in [0.1, 0.15) is 30.9 Å². The summed E-state index contributed by atoms with van der Waals surface area (Å²) in [6, 6.07) is 22.5. The first-order chi connectivity index (χ1) is 16.4. The molecule has 0 radical (unpaired) electrons. The van der Waals surface area contributed by atoms with Gasteiger partial charge in [-0.15, -0.1) is 0 Å². The van der Waals surface area contributed by atoms with Crippen molar-refractivity contribution in [3.63, 3.8) is 0 Å². The molecule has 3 rings (SSSR count). The van der Waals surface area contributed by atoms with Crippen molar-refractivity contribution in [3.8, 4) is 0 Å². The fraction of sp³-hybridized carbons (Fsp3) is 0.222. The Kier molecular flexibility index (Phi) is 8.80. The molecule has 34 heavy (non-hydrogen) atoms. The summed E-state index contributed by atoms with van der Waals surface area (Å²) < 4.78 is 0. The predicted molar refractivity (Wildman–Crippen MR) is 137 cm³/mol. The zero-order chi connectivity index (χ0) is 24.3. The van der Waals surface area contributed by atoms with Crippen LogP contribution in [-0.2, 0) is 20.8 Å². The highest BCUT2D eigenvalue weighted by Crippen LogP contribution is 2.23. The Morgan fingerprint density at radius 3 is 1.94 bits per heavy atom. The van der Waals surface area contributed by atoms with Gasteiger partial charge in [-0.3, -0.25) is 14.4 Å². The number of hydrogen-bond acceptors (Lipinski definition) is 4. The highest BCUT2D eigenvalue weighted by Gasteiger charge is 2.10. The Morgan fingerprint density at radius 1 is 0.676 bits per heavy atom. The molecule has 0 aliphatic carbocycles. The van der Waals surface area contributed by atoms with Crippen LogP contribution in [0.25, 0.3) is 0 Å². The van der Waals surface area contributed by atoms with Crippen molar-refractivity contribution < 1.29 is 14.4 Å². The second-order valence-electron chi connectivity index (χ2n) is 7.89. The Labute approximate surface area is 200 Å². The van der Waals surface area contributed by atoms with Crippen molar-refractivity contribution in [2.24, 2.45) is 0 Å². The molecular weight excluding hydrogens is 428 g/mol. The molecule has 0 bridgehead atoms. The molecule has 0 unspecified atom stereocenters. The summed E-state index contributed by atoms with van der Waals surface area (Å²) >= 11 is 0. The molecular formula is C27H30N4O3. The Hall–Kier alpha value is -4.13. The van der Waals surface area contributed by atoms with E-state index in [2.05, 4.69) is 21.3 Å². The molecule has 0 aliphatic heterocycles. The van der Waals surface area contributed by atoms with Gasteiger partial charge in [-0.25, -0.2) is 0 Å². The normalized spacial score (nSPS) is 10.3. The van der Waals surface area contributed by atoms with Gasteiger partial charge in [-0.1, -0.05) is 43.3 Å². The molecule has 0 heterocycles. The topological polar surface area (TPSA) is 99.3 Å². The van der Waals surface area contributed by atoms with Gasteiger partial charge in [0.1, 0.15) is 0 Å². The van der Waals surface area contributed by atoms with Gasteiger partial charge in [0.25, 0.3) is 0 Å². The summed E-state index contributed by atoms with van der Waals surface area (Å²) in [6.45, 7) is 3.71. The van der Waals surface area contributed by atoms with Gasteiger partial charge in [0.2, 0.25) is 17.7 Å². The Bertz CT molecular complexity index is 1130. The van der Waals surface area contributed by atoms with Gasteiger partial charge in [0.05, 0.1) is 6.54 Å². The summed E-state index contributed by atoms with van der Waals surface area (Å²) in [6.07, 6.45) is 1.48. The monoisotopic (exact) mass is 458 g/mol. The summed E-state index contributed by atoms with van der Waals surface area (Å²) in [5, 5.41) is 11.7. The molecule has 0 saturated carbocycles. The lowest BCUT2D eigenvalue weighted by atomic mass is 10.1. The number of carbonyl (C=O) groups is 3. The molecule has 4 N–H and O–H groups in total. The molecule has 3 aromatic carbocycles. The van der Waals surface area contributed by atoms with Crippen LogP contribution in [0.5, 0.6) is 0 Å². The van der Waals surface area contributed by atoms with Gasteiger partial charge >= 0.3 is 0 Å². The molecule has 0 fully saturated rings. The maximum atomic E-state index is 12.4. The maximum Gasteiger partial charge on any atom is 0.243 e. The molecule has 3 aromatic rings. The van der Waals surface area contributed by atoms with Gasteiger partial charge in [0, 0.05) is 35.6 Å². The highest BCUT2D eigenvalue weighted by molar-refractivity contribution is 5.97. The Morgan fingerprint density at radius 2 is 1.29 bits per heavy atom. The van der Waals surface area contributed by atoms with Crippen LogP contribution in [0.15, 0.2) is 72.8 Å². The lowest BCUT2D eigenvalue weighted by molar-refractivity contribution is -0.116. The molecule has 0 aromatic heterocycles. The van der Waals surface area contributed by atoms with Crippen LogP contribution in [0.4, 0.5) is 22.7 Å². The van der Waals surface area contributed by atoms with Gasteiger partial charge in [-0.05, 0) is 60.9 Å². The number of hydrogen-bond donors (Lipinski definition) is 4. The summed E-state index contributed by atoms with van der Waals surface area (Å²) in [4.78, 5) is 36.3. The van der Waals surface area contributed by atoms with E-state index >= 15 is 0 Å². The van der Waals surface area contributed by atoms with Crippen LogP contribution in [0, 0.1) is 6.92 Å².